The van der Waals surface area contributed by atoms with Crippen LogP contribution in [0, 0.1) is 11.8 Å². The third kappa shape index (κ3) is 4.91. The Bertz CT molecular complexity index is 198. The van der Waals surface area contributed by atoms with Crippen LogP contribution in [0.25, 0.3) is 0 Å². The molecule has 0 saturated heterocycles. The molecule has 0 amide bonds. The number of hydrogen-bond acceptors (Lipinski definition) is 1. The van der Waals surface area contributed by atoms with Gasteiger partial charge < -0.3 is 0 Å². The monoisotopic (exact) mass is 255 g/mol. The van der Waals surface area contributed by atoms with Crippen molar-refractivity contribution in [3.05, 3.63) is 0 Å². The average Bonchev–Trinajstić information content (AvgIpc) is 2.13. The molecule has 0 aromatic rings. The Hall–Kier alpha value is -0.0400. The molecule has 0 rings (SSSR count). The van der Waals surface area contributed by atoms with Gasteiger partial charge in [-0.2, -0.15) is 0 Å². The fourth-order valence-corrected chi connectivity index (χ4v) is 3.98. The van der Waals surface area contributed by atoms with E-state index in [1.54, 1.807) is 0 Å². The highest BCUT2D eigenvalue weighted by Crippen LogP contribution is 2.37. The molecule has 18 heavy (non-hydrogen) atoms. The third-order valence-electron chi connectivity index (χ3n) is 3.89. The van der Waals surface area contributed by atoms with Gasteiger partial charge in [-0.1, -0.05) is 34.6 Å². The Morgan fingerprint density at radius 1 is 0.722 bits per heavy atom. The van der Waals surface area contributed by atoms with Crippen LogP contribution in [-0.2, 0) is 0 Å². The molecule has 0 aromatic carbocycles. The van der Waals surface area contributed by atoms with Crippen molar-refractivity contribution in [3.63, 3.8) is 0 Å². The fourth-order valence-electron chi connectivity index (χ4n) is 3.98. The van der Waals surface area contributed by atoms with E-state index < -0.39 is 0 Å². The van der Waals surface area contributed by atoms with E-state index in [0.717, 1.165) is 11.8 Å². The molecule has 0 heterocycles. The maximum Gasteiger partial charge on any atom is 0.0217 e. The third-order valence-corrected chi connectivity index (χ3v) is 3.89. The van der Waals surface area contributed by atoms with Gasteiger partial charge >= 0.3 is 0 Å². The summed E-state index contributed by atoms with van der Waals surface area (Å²) in [6.07, 6.45) is 3.90. The van der Waals surface area contributed by atoms with Gasteiger partial charge in [0.15, 0.2) is 0 Å². The zero-order chi connectivity index (χ0) is 14.5. The maximum atomic E-state index is 2.77. The molecule has 1 nitrogen and oxygen atoms in total. The normalized spacial score (nSPS) is 13.7. The van der Waals surface area contributed by atoms with Crippen LogP contribution in [0.1, 0.15) is 81.6 Å². The molecular formula is C17H37N. The summed E-state index contributed by atoms with van der Waals surface area (Å²) >= 11 is 0. The van der Waals surface area contributed by atoms with Gasteiger partial charge in [0.2, 0.25) is 0 Å². The summed E-state index contributed by atoms with van der Waals surface area (Å²) in [6.45, 7) is 21.2. The van der Waals surface area contributed by atoms with Crippen LogP contribution in [0.2, 0.25) is 0 Å². The van der Waals surface area contributed by atoms with Crippen molar-refractivity contribution in [2.24, 2.45) is 11.8 Å². The standard InChI is InChI=1S/C17H37N/c1-10-17(11-13(2)3,12-14(4)5)18(15(6)7)16(8)9/h13-16H,10-12H2,1-9H3. The van der Waals surface area contributed by atoms with Crippen molar-refractivity contribution in [3.8, 4) is 0 Å². The van der Waals surface area contributed by atoms with Crippen molar-refractivity contribution in [2.75, 3.05) is 0 Å². The van der Waals surface area contributed by atoms with Crippen molar-refractivity contribution >= 4 is 0 Å². The molecule has 0 unspecified atom stereocenters. The van der Waals surface area contributed by atoms with Crippen LogP contribution in [0.3, 0.4) is 0 Å². The molecular weight excluding hydrogens is 218 g/mol. The summed E-state index contributed by atoms with van der Waals surface area (Å²) < 4.78 is 0. The summed E-state index contributed by atoms with van der Waals surface area (Å²) in [6, 6.07) is 1.25. The van der Waals surface area contributed by atoms with Crippen molar-refractivity contribution in [1.29, 1.82) is 0 Å². The molecule has 1 heteroatoms. The van der Waals surface area contributed by atoms with E-state index in [1.165, 1.54) is 19.3 Å². The van der Waals surface area contributed by atoms with E-state index in [9.17, 15) is 0 Å². The van der Waals surface area contributed by atoms with E-state index in [-0.39, 0.29) is 0 Å². The predicted molar refractivity (Wildman–Crippen MR) is 84.0 cm³/mol. The summed E-state index contributed by atoms with van der Waals surface area (Å²) in [4.78, 5) is 2.77. The molecule has 0 aliphatic rings. The van der Waals surface area contributed by atoms with E-state index >= 15 is 0 Å². The Kier molecular flexibility index (Phi) is 7.51. The summed E-state index contributed by atoms with van der Waals surface area (Å²) in [5.74, 6) is 1.53. The largest absolute Gasteiger partial charge is 0.293 e. The van der Waals surface area contributed by atoms with E-state index in [2.05, 4.69) is 67.2 Å². The summed E-state index contributed by atoms with van der Waals surface area (Å²) in [5.41, 5.74) is 0.380. The fraction of sp³-hybridized carbons (Fsp3) is 1.00. The van der Waals surface area contributed by atoms with E-state index in [0.29, 0.717) is 17.6 Å². The highest BCUT2D eigenvalue weighted by molar-refractivity contribution is 4.94. The molecule has 0 bridgehead atoms. The maximum absolute atomic E-state index is 2.77. The molecule has 0 radical (unpaired) electrons. The minimum atomic E-state index is 0.380. The zero-order valence-electron chi connectivity index (χ0n) is 14.4. The molecule has 0 aromatic heterocycles. The predicted octanol–water partition coefficient (Wildman–Crippen LogP) is 5.35. The molecule has 0 aliphatic heterocycles. The lowest BCUT2D eigenvalue weighted by molar-refractivity contribution is -0.00821. The van der Waals surface area contributed by atoms with Gasteiger partial charge in [0.25, 0.3) is 0 Å². The summed E-state index contributed by atoms with van der Waals surface area (Å²) in [7, 11) is 0. The topological polar surface area (TPSA) is 3.24 Å². The van der Waals surface area contributed by atoms with Gasteiger partial charge in [0.1, 0.15) is 0 Å². The lowest BCUT2D eigenvalue weighted by atomic mass is 9.77. The summed E-state index contributed by atoms with van der Waals surface area (Å²) in [5, 5.41) is 0. The van der Waals surface area contributed by atoms with Gasteiger partial charge in [-0.25, -0.2) is 0 Å². The SMILES string of the molecule is CCC(CC(C)C)(CC(C)C)N(C(C)C)C(C)C. The van der Waals surface area contributed by atoms with E-state index in [1.807, 2.05) is 0 Å². The molecule has 0 atom stereocenters. The lowest BCUT2D eigenvalue weighted by Crippen LogP contribution is -2.56. The first-order chi connectivity index (χ1) is 8.16. The molecule has 0 aliphatic carbocycles. The van der Waals surface area contributed by atoms with Crippen molar-refractivity contribution in [1.82, 2.24) is 4.90 Å². The lowest BCUT2D eigenvalue weighted by Gasteiger charge is -2.50. The van der Waals surface area contributed by atoms with Crippen LogP contribution >= 0.6 is 0 Å². The number of rotatable bonds is 8. The molecule has 110 valence electrons. The minimum absolute atomic E-state index is 0.380. The first kappa shape index (κ1) is 18.0. The smallest absolute Gasteiger partial charge is 0.0217 e. The molecule has 0 fully saturated rings. The number of hydrogen-bond donors (Lipinski definition) is 0. The van der Waals surface area contributed by atoms with E-state index in [4.69, 9.17) is 0 Å². The second-order valence-corrected chi connectivity index (χ2v) is 7.37. The Balaban J connectivity index is 5.35. The van der Waals surface area contributed by atoms with Gasteiger partial charge in [-0.05, 0) is 58.8 Å². The molecule has 0 saturated carbocycles. The van der Waals surface area contributed by atoms with Crippen LogP contribution in [0.4, 0.5) is 0 Å². The van der Waals surface area contributed by atoms with Gasteiger partial charge in [-0.15, -0.1) is 0 Å². The van der Waals surface area contributed by atoms with Crippen LogP contribution in [-0.4, -0.2) is 22.5 Å². The van der Waals surface area contributed by atoms with Crippen LogP contribution in [0.15, 0.2) is 0 Å². The zero-order valence-corrected chi connectivity index (χ0v) is 14.4. The Labute approximate surface area is 116 Å². The highest BCUT2D eigenvalue weighted by atomic mass is 15.2. The van der Waals surface area contributed by atoms with Crippen LogP contribution in [0.5, 0.6) is 0 Å². The quantitative estimate of drug-likeness (QED) is 0.565. The minimum Gasteiger partial charge on any atom is -0.293 e. The van der Waals surface area contributed by atoms with Crippen LogP contribution < -0.4 is 0 Å². The second kappa shape index (κ2) is 7.53. The molecule has 0 N–H and O–H groups in total. The van der Waals surface area contributed by atoms with Gasteiger partial charge in [0, 0.05) is 17.6 Å². The second-order valence-electron chi connectivity index (χ2n) is 7.37. The first-order valence-corrected chi connectivity index (χ1v) is 7.94. The Morgan fingerprint density at radius 2 is 1.06 bits per heavy atom. The molecule has 0 spiro atoms. The first-order valence-electron chi connectivity index (χ1n) is 7.94. The van der Waals surface area contributed by atoms with Gasteiger partial charge in [-0.3, -0.25) is 4.90 Å². The highest BCUT2D eigenvalue weighted by Gasteiger charge is 2.38. The Morgan fingerprint density at radius 3 is 1.22 bits per heavy atom. The van der Waals surface area contributed by atoms with Gasteiger partial charge in [0.05, 0.1) is 0 Å². The van der Waals surface area contributed by atoms with Crippen molar-refractivity contribution < 1.29 is 0 Å². The van der Waals surface area contributed by atoms with Crippen molar-refractivity contribution in [2.45, 2.75) is 99.2 Å². The average molecular weight is 255 g/mol. The number of nitrogens with zero attached hydrogens (tertiary/aromatic N) is 1.